The van der Waals surface area contributed by atoms with Crippen LogP contribution in [0.4, 0.5) is 0 Å². The van der Waals surface area contributed by atoms with Crippen LogP contribution in [0, 0.1) is 0 Å². The molecule has 0 fully saturated rings. The highest BCUT2D eigenvalue weighted by molar-refractivity contribution is 6.36. The van der Waals surface area contributed by atoms with Crippen LogP contribution in [0.1, 0.15) is 11.1 Å². The van der Waals surface area contributed by atoms with Gasteiger partial charge in [-0.05, 0) is 28.9 Å². The number of rotatable bonds is 2. The van der Waals surface area contributed by atoms with Crippen molar-refractivity contribution < 1.29 is 24.6 Å². The zero-order valence-corrected chi connectivity index (χ0v) is 10.1. The van der Waals surface area contributed by atoms with Crippen LogP contribution in [0.3, 0.4) is 0 Å². The molecule has 1 aromatic rings. The van der Waals surface area contributed by atoms with Crippen molar-refractivity contribution in [3.8, 4) is 0 Å². The van der Waals surface area contributed by atoms with Gasteiger partial charge in [0.25, 0.3) is 0 Å². The lowest BCUT2D eigenvalue weighted by atomic mass is 9.86. The SMILES string of the molecule is O=C(O)C1=C(C(=O)O)C(=O)C2=Cc3ccccc3C2=C1. The molecule has 0 amide bonds. The summed E-state index contributed by atoms with van der Waals surface area (Å²) in [5, 5.41) is 18.2. The lowest BCUT2D eigenvalue weighted by Gasteiger charge is -2.14. The van der Waals surface area contributed by atoms with E-state index >= 15 is 0 Å². The average molecular weight is 268 g/mol. The maximum atomic E-state index is 12.2. The summed E-state index contributed by atoms with van der Waals surface area (Å²) in [5.74, 6) is -3.71. The van der Waals surface area contributed by atoms with E-state index < -0.39 is 28.9 Å². The molecule has 0 saturated carbocycles. The molecule has 0 spiro atoms. The quantitative estimate of drug-likeness (QED) is 0.793. The first-order valence-electron chi connectivity index (χ1n) is 5.79. The number of fused-ring (bicyclic) bond motifs is 3. The fraction of sp³-hybridized carbons (Fsp3) is 0. The molecular formula is C15H8O5. The molecule has 0 bridgehead atoms. The summed E-state index contributed by atoms with van der Waals surface area (Å²) in [6.07, 6.45) is 2.84. The average Bonchev–Trinajstić information content (AvgIpc) is 2.77. The normalized spacial score (nSPS) is 16.3. The summed E-state index contributed by atoms with van der Waals surface area (Å²) in [6, 6.07) is 7.12. The van der Waals surface area contributed by atoms with E-state index in [2.05, 4.69) is 0 Å². The van der Waals surface area contributed by atoms with Crippen LogP contribution in [0.25, 0.3) is 11.6 Å². The Bertz CT molecular complexity index is 777. The monoisotopic (exact) mass is 268 g/mol. The van der Waals surface area contributed by atoms with E-state index in [9.17, 15) is 14.4 Å². The molecule has 0 aromatic heterocycles. The van der Waals surface area contributed by atoms with E-state index in [1.165, 1.54) is 6.08 Å². The predicted octanol–water partition coefficient (Wildman–Crippen LogP) is 1.52. The Morgan fingerprint density at radius 1 is 0.900 bits per heavy atom. The van der Waals surface area contributed by atoms with Gasteiger partial charge in [-0.15, -0.1) is 0 Å². The summed E-state index contributed by atoms with van der Waals surface area (Å²) in [6.45, 7) is 0. The minimum absolute atomic E-state index is 0.230. The number of aliphatic carboxylic acids is 2. The number of allylic oxidation sites excluding steroid dienone is 2. The molecule has 0 saturated heterocycles. The topological polar surface area (TPSA) is 91.7 Å². The second kappa shape index (κ2) is 4.03. The van der Waals surface area contributed by atoms with Crippen LogP contribution in [0.5, 0.6) is 0 Å². The maximum Gasteiger partial charge on any atom is 0.340 e. The van der Waals surface area contributed by atoms with Crippen LogP contribution in [-0.2, 0) is 14.4 Å². The fourth-order valence-electron chi connectivity index (χ4n) is 2.44. The molecule has 2 N–H and O–H groups in total. The highest BCUT2D eigenvalue weighted by Crippen LogP contribution is 2.40. The molecular weight excluding hydrogens is 260 g/mol. The fourth-order valence-corrected chi connectivity index (χ4v) is 2.44. The molecule has 0 heterocycles. The van der Waals surface area contributed by atoms with E-state index in [1.807, 2.05) is 0 Å². The van der Waals surface area contributed by atoms with Gasteiger partial charge in [0.15, 0.2) is 0 Å². The lowest BCUT2D eigenvalue weighted by molar-refractivity contribution is -0.137. The van der Waals surface area contributed by atoms with Gasteiger partial charge in [-0.1, -0.05) is 24.3 Å². The highest BCUT2D eigenvalue weighted by Gasteiger charge is 2.36. The summed E-state index contributed by atoms with van der Waals surface area (Å²) >= 11 is 0. The molecule has 3 rings (SSSR count). The van der Waals surface area contributed by atoms with Crippen molar-refractivity contribution in [1.29, 1.82) is 0 Å². The molecule has 98 valence electrons. The first kappa shape index (κ1) is 12.1. The van der Waals surface area contributed by atoms with Crippen molar-refractivity contribution in [3.05, 3.63) is 58.2 Å². The summed E-state index contributed by atoms with van der Waals surface area (Å²) in [4.78, 5) is 34.5. The molecule has 2 aliphatic carbocycles. The Balaban J connectivity index is 2.29. The van der Waals surface area contributed by atoms with Gasteiger partial charge in [0.1, 0.15) is 5.57 Å². The van der Waals surface area contributed by atoms with Crippen molar-refractivity contribution >= 4 is 29.4 Å². The van der Waals surface area contributed by atoms with Gasteiger partial charge in [0.05, 0.1) is 5.57 Å². The lowest BCUT2D eigenvalue weighted by Crippen LogP contribution is -2.22. The predicted molar refractivity (Wildman–Crippen MR) is 69.7 cm³/mol. The number of carboxylic acids is 2. The summed E-state index contributed by atoms with van der Waals surface area (Å²) in [5.41, 5.74) is 1.03. The maximum absolute atomic E-state index is 12.2. The minimum atomic E-state index is -1.53. The Hall–Kier alpha value is -2.95. The molecule has 0 radical (unpaired) electrons. The van der Waals surface area contributed by atoms with E-state index in [4.69, 9.17) is 10.2 Å². The van der Waals surface area contributed by atoms with Crippen LogP contribution < -0.4 is 0 Å². The Morgan fingerprint density at radius 3 is 2.25 bits per heavy atom. The van der Waals surface area contributed by atoms with Crippen LogP contribution in [-0.4, -0.2) is 27.9 Å². The molecule has 5 heteroatoms. The van der Waals surface area contributed by atoms with Gasteiger partial charge in [-0.25, -0.2) is 9.59 Å². The number of carbonyl (C=O) groups excluding carboxylic acids is 1. The second-order valence-corrected chi connectivity index (χ2v) is 4.43. The van der Waals surface area contributed by atoms with Gasteiger partial charge in [-0.3, -0.25) is 4.79 Å². The standard InChI is InChI=1S/C15H8O5/c16-13-10-5-7-3-1-2-4-8(7)9(10)6-11(14(17)18)12(13)15(19)20/h1-6H,(H,17,18)(H,19,20). The third kappa shape index (κ3) is 1.53. The molecule has 5 nitrogen and oxygen atoms in total. The minimum Gasteiger partial charge on any atom is -0.478 e. The number of carbonyl (C=O) groups is 3. The molecule has 0 atom stereocenters. The zero-order valence-electron chi connectivity index (χ0n) is 10.1. The van der Waals surface area contributed by atoms with Crippen molar-refractivity contribution in [2.45, 2.75) is 0 Å². The highest BCUT2D eigenvalue weighted by atomic mass is 16.4. The Morgan fingerprint density at radius 2 is 1.60 bits per heavy atom. The van der Waals surface area contributed by atoms with Gasteiger partial charge in [-0.2, -0.15) is 0 Å². The number of ketones is 1. The second-order valence-electron chi connectivity index (χ2n) is 4.43. The third-order valence-corrected chi connectivity index (χ3v) is 3.31. The van der Waals surface area contributed by atoms with Crippen LogP contribution in [0.15, 0.2) is 47.1 Å². The van der Waals surface area contributed by atoms with Crippen molar-refractivity contribution in [2.75, 3.05) is 0 Å². The number of carboxylic acid groups (broad SMARTS) is 2. The molecule has 1 aromatic carbocycles. The first-order valence-corrected chi connectivity index (χ1v) is 5.79. The van der Waals surface area contributed by atoms with Gasteiger partial charge < -0.3 is 10.2 Å². The van der Waals surface area contributed by atoms with E-state index in [0.29, 0.717) is 5.57 Å². The van der Waals surface area contributed by atoms with Crippen LogP contribution in [0.2, 0.25) is 0 Å². The van der Waals surface area contributed by atoms with E-state index in [-0.39, 0.29) is 5.57 Å². The third-order valence-electron chi connectivity index (χ3n) is 3.31. The van der Waals surface area contributed by atoms with Crippen molar-refractivity contribution in [3.63, 3.8) is 0 Å². The van der Waals surface area contributed by atoms with E-state index in [1.54, 1.807) is 30.3 Å². The largest absolute Gasteiger partial charge is 0.478 e. The number of Topliss-reactive ketones (excluding diaryl/α,β-unsaturated/α-hetero) is 1. The number of hydrogen-bond donors (Lipinski definition) is 2. The van der Waals surface area contributed by atoms with Crippen LogP contribution >= 0.6 is 0 Å². The Kier molecular flexibility index (Phi) is 2.44. The zero-order chi connectivity index (χ0) is 14.4. The van der Waals surface area contributed by atoms with E-state index in [0.717, 1.165) is 11.1 Å². The van der Waals surface area contributed by atoms with Gasteiger partial charge in [0.2, 0.25) is 5.78 Å². The van der Waals surface area contributed by atoms with Gasteiger partial charge >= 0.3 is 11.9 Å². The summed E-state index contributed by atoms with van der Waals surface area (Å²) in [7, 11) is 0. The molecule has 2 aliphatic rings. The number of hydrogen-bond acceptors (Lipinski definition) is 3. The Labute approximate surface area is 113 Å². The van der Waals surface area contributed by atoms with Crippen molar-refractivity contribution in [1.82, 2.24) is 0 Å². The molecule has 0 unspecified atom stereocenters. The number of benzene rings is 1. The first-order chi connectivity index (χ1) is 9.50. The van der Waals surface area contributed by atoms with Crippen molar-refractivity contribution in [2.24, 2.45) is 0 Å². The smallest absolute Gasteiger partial charge is 0.340 e. The molecule has 20 heavy (non-hydrogen) atoms. The van der Waals surface area contributed by atoms with Gasteiger partial charge in [0, 0.05) is 5.57 Å². The molecule has 0 aliphatic heterocycles. The summed E-state index contributed by atoms with van der Waals surface area (Å²) < 4.78 is 0.